The second kappa shape index (κ2) is 8.11. The van der Waals surface area contributed by atoms with Crippen molar-refractivity contribution in [3.05, 3.63) is 59.8 Å². The van der Waals surface area contributed by atoms with Crippen LogP contribution < -0.4 is 5.32 Å². The van der Waals surface area contributed by atoms with Crippen LogP contribution in [0, 0.1) is 0 Å². The van der Waals surface area contributed by atoms with Crippen LogP contribution in [0.15, 0.2) is 48.7 Å². The van der Waals surface area contributed by atoms with E-state index < -0.39 is 0 Å². The van der Waals surface area contributed by atoms with Crippen LogP contribution in [0.3, 0.4) is 0 Å². The van der Waals surface area contributed by atoms with Crippen LogP contribution in [-0.2, 0) is 6.54 Å². The van der Waals surface area contributed by atoms with E-state index in [9.17, 15) is 0 Å². The zero-order valence-corrected chi connectivity index (χ0v) is 14.0. The number of rotatable bonds is 7. The van der Waals surface area contributed by atoms with Gasteiger partial charge in [0, 0.05) is 30.9 Å². The van der Waals surface area contributed by atoms with Gasteiger partial charge in [-0.3, -0.25) is 4.90 Å². The lowest BCUT2D eigenvalue weighted by Crippen LogP contribution is -2.24. The van der Waals surface area contributed by atoms with Gasteiger partial charge in [-0.25, -0.2) is 4.98 Å². The van der Waals surface area contributed by atoms with Gasteiger partial charge < -0.3 is 5.32 Å². The number of unbranched alkanes of at least 4 members (excludes halogenated alkanes) is 1. The van der Waals surface area contributed by atoms with Gasteiger partial charge in [-0.1, -0.05) is 49.7 Å². The predicted octanol–water partition coefficient (Wildman–Crippen LogP) is 4.63. The highest BCUT2D eigenvalue weighted by Crippen LogP contribution is 2.36. The molecule has 0 aliphatic carbocycles. The topological polar surface area (TPSA) is 28.2 Å². The maximum Gasteiger partial charge on any atom is 0.130 e. The van der Waals surface area contributed by atoms with Crippen LogP contribution in [0.25, 0.3) is 0 Å². The highest BCUT2D eigenvalue weighted by atomic mass is 15.2. The Morgan fingerprint density at radius 1 is 1.17 bits per heavy atom. The summed E-state index contributed by atoms with van der Waals surface area (Å²) in [6, 6.07) is 15.6. The van der Waals surface area contributed by atoms with Crippen molar-refractivity contribution in [3.8, 4) is 0 Å². The van der Waals surface area contributed by atoms with E-state index in [4.69, 9.17) is 0 Å². The lowest BCUT2D eigenvalue weighted by Gasteiger charge is -2.26. The van der Waals surface area contributed by atoms with E-state index in [1.165, 1.54) is 43.4 Å². The highest BCUT2D eigenvalue weighted by molar-refractivity contribution is 5.46. The van der Waals surface area contributed by atoms with Gasteiger partial charge in [0.25, 0.3) is 0 Å². The quantitative estimate of drug-likeness (QED) is 0.756. The van der Waals surface area contributed by atoms with E-state index in [0.717, 1.165) is 18.9 Å². The van der Waals surface area contributed by atoms with Crippen molar-refractivity contribution in [2.75, 3.05) is 18.4 Å². The number of anilines is 1. The first-order valence-corrected chi connectivity index (χ1v) is 8.85. The summed E-state index contributed by atoms with van der Waals surface area (Å²) in [4.78, 5) is 7.19. The van der Waals surface area contributed by atoms with E-state index in [1.807, 2.05) is 6.20 Å². The molecule has 1 N–H and O–H groups in total. The van der Waals surface area contributed by atoms with E-state index in [-0.39, 0.29) is 0 Å². The molecule has 1 aliphatic rings. The molecule has 3 heteroatoms. The van der Waals surface area contributed by atoms with E-state index in [0.29, 0.717) is 6.04 Å². The molecular formula is C20H27N3. The Labute approximate surface area is 139 Å². The number of hydrogen-bond donors (Lipinski definition) is 1. The first-order chi connectivity index (χ1) is 11.4. The summed E-state index contributed by atoms with van der Waals surface area (Å²) in [6.07, 6.45) is 6.78. The fraction of sp³-hybridized carbons (Fsp3) is 0.450. The molecule has 1 saturated heterocycles. The van der Waals surface area contributed by atoms with Crippen molar-refractivity contribution in [1.82, 2.24) is 9.88 Å². The third-order valence-electron chi connectivity index (χ3n) is 4.61. The Balaban J connectivity index is 1.74. The van der Waals surface area contributed by atoms with E-state index >= 15 is 0 Å². The molecular weight excluding hydrogens is 282 g/mol. The summed E-state index contributed by atoms with van der Waals surface area (Å²) in [5, 5.41) is 3.54. The zero-order valence-electron chi connectivity index (χ0n) is 14.0. The van der Waals surface area contributed by atoms with Gasteiger partial charge in [0.15, 0.2) is 0 Å². The van der Waals surface area contributed by atoms with Gasteiger partial charge in [0.2, 0.25) is 0 Å². The number of likely N-dealkylation sites (tertiary alicyclic amines) is 1. The third kappa shape index (κ3) is 4.11. The summed E-state index contributed by atoms with van der Waals surface area (Å²) in [5.41, 5.74) is 2.75. The Bertz CT molecular complexity index is 597. The number of hydrogen-bond acceptors (Lipinski definition) is 3. The van der Waals surface area contributed by atoms with Crippen molar-refractivity contribution < 1.29 is 0 Å². The SMILES string of the molecule is CCCCNc1ncccc1[C@@H]1CCCN1Cc1ccccc1. The summed E-state index contributed by atoms with van der Waals surface area (Å²) in [7, 11) is 0. The number of benzene rings is 1. The number of nitrogens with zero attached hydrogens (tertiary/aromatic N) is 2. The number of nitrogens with one attached hydrogen (secondary N) is 1. The lowest BCUT2D eigenvalue weighted by atomic mass is 10.0. The van der Waals surface area contributed by atoms with Crippen molar-refractivity contribution in [2.24, 2.45) is 0 Å². The second-order valence-corrected chi connectivity index (χ2v) is 6.34. The van der Waals surface area contributed by atoms with Crippen LogP contribution in [-0.4, -0.2) is 23.0 Å². The maximum atomic E-state index is 4.60. The molecule has 23 heavy (non-hydrogen) atoms. The summed E-state index contributed by atoms with van der Waals surface area (Å²) >= 11 is 0. The molecule has 3 rings (SSSR count). The second-order valence-electron chi connectivity index (χ2n) is 6.34. The van der Waals surface area contributed by atoms with Crippen molar-refractivity contribution in [1.29, 1.82) is 0 Å². The predicted molar refractivity (Wildman–Crippen MR) is 96.5 cm³/mol. The normalized spacial score (nSPS) is 18.2. The molecule has 0 radical (unpaired) electrons. The Morgan fingerprint density at radius 3 is 2.87 bits per heavy atom. The molecule has 2 heterocycles. The lowest BCUT2D eigenvalue weighted by molar-refractivity contribution is 0.248. The van der Waals surface area contributed by atoms with E-state index in [2.05, 4.69) is 64.6 Å². The maximum absolute atomic E-state index is 4.60. The summed E-state index contributed by atoms with van der Waals surface area (Å²) in [5.74, 6) is 1.07. The monoisotopic (exact) mass is 309 g/mol. The molecule has 1 fully saturated rings. The fourth-order valence-corrected chi connectivity index (χ4v) is 3.40. The van der Waals surface area contributed by atoms with Crippen LogP contribution in [0.1, 0.15) is 49.8 Å². The van der Waals surface area contributed by atoms with Crippen molar-refractivity contribution in [3.63, 3.8) is 0 Å². The minimum Gasteiger partial charge on any atom is -0.370 e. The van der Waals surface area contributed by atoms with Gasteiger partial charge in [0.05, 0.1) is 0 Å². The molecule has 3 nitrogen and oxygen atoms in total. The Morgan fingerprint density at radius 2 is 2.04 bits per heavy atom. The average molecular weight is 309 g/mol. The minimum atomic E-state index is 0.480. The van der Waals surface area contributed by atoms with Gasteiger partial charge in [0.1, 0.15) is 5.82 Å². The molecule has 1 aromatic heterocycles. The highest BCUT2D eigenvalue weighted by Gasteiger charge is 2.28. The Kier molecular flexibility index (Phi) is 5.65. The molecule has 1 aromatic carbocycles. The standard InChI is InChI=1S/C20H27N3/c1-2-3-13-21-20-18(11-7-14-22-20)19-12-8-15-23(19)16-17-9-5-4-6-10-17/h4-7,9-11,14,19H,2-3,8,12-13,15-16H2,1H3,(H,21,22)/t19-/m0/s1. The molecule has 122 valence electrons. The smallest absolute Gasteiger partial charge is 0.130 e. The number of pyridine rings is 1. The van der Waals surface area contributed by atoms with Crippen LogP contribution in [0.2, 0.25) is 0 Å². The molecule has 0 spiro atoms. The average Bonchev–Trinajstić information content (AvgIpc) is 3.04. The zero-order chi connectivity index (χ0) is 15.9. The first-order valence-electron chi connectivity index (χ1n) is 8.85. The fourth-order valence-electron chi connectivity index (χ4n) is 3.40. The molecule has 2 aromatic rings. The molecule has 1 aliphatic heterocycles. The molecule has 0 bridgehead atoms. The molecule has 1 atom stereocenters. The largest absolute Gasteiger partial charge is 0.370 e. The minimum absolute atomic E-state index is 0.480. The van der Waals surface area contributed by atoms with Gasteiger partial charge >= 0.3 is 0 Å². The van der Waals surface area contributed by atoms with E-state index in [1.54, 1.807) is 0 Å². The van der Waals surface area contributed by atoms with Gasteiger partial charge in [-0.05, 0) is 37.4 Å². The molecule has 0 saturated carbocycles. The van der Waals surface area contributed by atoms with Crippen molar-refractivity contribution >= 4 is 5.82 Å². The number of aromatic nitrogens is 1. The van der Waals surface area contributed by atoms with Crippen molar-refractivity contribution in [2.45, 2.75) is 45.2 Å². The summed E-state index contributed by atoms with van der Waals surface area (Å²) < 4.78 is 0. The van der Waals surface area contributed by atoms with Gasteiger partial charge in [-0.2, -0.15) is 0 Å². The van der Waals surface area contributed by atoms with Crippen LogP contribution in [0.4, 0.5) is 5.82 Å². The molecule has 0 unspecified atom stereocenters. The third-order valence-corrected chi connectivity index (χ3v) is 4.61. The summed E-state index contributed by atoms with van der Waals surface area (Å²) in [6.45, 7) is 5.42. The van der Waals surface area contributed by atoms with Gasteiger partial charge in [-0.15, -0.1) is 0 Å². The van der Waals surface area contributed by atoms with Crippen LogP contribution in [0.5, 0.6) is 0 Å². The Hall–Kier alpha value is -1.87. The van der Waals surface area contributed by atoms with Crippen LogP contribution >= 0.6 is 0 Å². The first kappa shape index (κ1) is 16.0. The molecule has 0 amide bonds.